The Balaban J connectivity index is 1.93. The lowest BCUT2D eigenvalue weighted by Crippen LogP contribution is -2.32. The smallest absolute Gasteiger partial charge is 0.254 e. The van der Waals surface area contributed by atoms with Crippen molar-refractivity contribution in [3.05, 3.63) is 89.1 Å². The third-order valence-electron chi connectivity index (χ3n) is 4.45. The lowest BCUT2D eigenvalue weighted by molar-refractivity contribution is 0.0949. The number of benzene rings is 2. The van der Waals surface area contributed by atoms with Crippen LogP contribution in [0, 0.1) is 19.7 Å². The first-order valence-corrected chi connectivity index (χ1v) is 10.2. The quantitative estimate of drug-likeness (QED) is 0.678. The number of amides is 1. The first kappa shape index (κ1) is 19.8. The molecule has 0 saturated heterocycles. The van der Waals surface area contributed by atoms with Gasteiger partial charge in [0.25, 0.3) is 5.91 Å². The van der Waals surface area contributed by atoms with Crippen LogP contribution in [0.5, 0.6) is 0 Å². The van der Waals surface area contributed by atoms with E-state index >= 15 is 0 Å². The van der Waals surface area contributed by atoms with E-state index in [1.807, 2.05) is 6.07 Å². The maximum absolute atomic E-state index is 13.8. The summed E-state index contributed by atoms with van der Waals surface area (Å²) in [5.74, 6) is -1.16. The van der Waals surface area contributed by atoms with Gasteiger partial charge in [0, 0.05) is 6.54 Å². The summed E-state index contributed by atoms with van der Waals surface area (Å²) in [4.78, 5) is 12.5. The van der Waals surface area contributed by atoms with Crippen LogP contribution in [-0.2, 0) is 9.84 Å². The molecule has 3 rings (SSSR count). The van der Waals surface area contributed by atoms with Gasteiger partial charge in [0.2, 0.25) is 0 Å². The minimum atomic E-state index is -3.87. The SMILES string of the molecule is Cc1ccc(C)c(S(=O)(=O)[C@H](CNC(=O)c2ccccc2F)c2ccco2)c1. The van der Waals surface area contributed by atoms with Gasteiger partial charge in [-0.2, -0.15) is 0 Å². The van der Waals surface area contributed by atoms with Crippen molar-refractivity contribution in [1.82, 2.24) is 5.32 Å². The highest BCUT2D eigenvalue weighted by atomic mass is 32.2. The van der Waals surface area contributed by atoms with Crippen molar-refractivity contribution in [2.75, 3.05) is 6.54 Å². The van der Waals surface area contributed by atoms with Gasteiger partial charge >= 0.3 is 0 Å². The van der Waals surface area contributed by atoms with Crippen molar-refractivity contribution in [2.45, 2.75) is 24.0 Å². The molecule has 1 atom stereocenters. The molecule has 0 unspecified atom stereocenters. The Morgan fingerprint density at radius 1 is 1.11 bits per heavy atom. The fourth-order valence-electron chi connectivity index (χ4n) is 2.93. The highest BCUT2D eigenvalue weighted by Gasteiger charge is 2.33. The average molecular weight is 401 g/mol. The Bertz CT molecular complexity index is 1090. The summed E-state index contributed by atoms with van der Waals surface area (Å²) < 4.78 is 45.8. The molecule has 1 amide bonds. The van der Waals surface area contributed by atoms with Crippen LogP contribution in [0.15, 0.2) is 70.2 Å². The number of halogens is 1. The van der Waals surface area contributed by atoms with Crippen molar-refractivity contribution in [2.24, 2.45) is 0 Å². The second kappa shape index (κ2) is 7.98. The molecule has 1 N–H and O–H groups in total. The van der Waals surface area contributed by atoms with Gasteiger partial charge in [0.15, 0.2) is 9.84 Å². The predicted molar refractivity (Wildman–Crippen MR) is 103 cm³/mol. The largest absolute Gasteiger partial charge is 0.468 e. The zero-order valence-corrected chi connectivity index (χ0v) is 16.3. The fourth-order valence-corrected chi connectivity index (χ4v) is 4.85. The first-order valence-electron chi connectivity index (χ1n) is 8.68. The zero-order chi connectivity index (χ0) is 20.3. The van der Waals surface area contributed by atoms with E-state index in [4.69, 9.17) is 4.42 Å². The molecule has 3 aromatic rings. The van der Waals surface area contributed by atoms with Gasteiger partial charge < -0.3 is 9.73 Å². The number of furan rings is 1. The van der Waals surface area contributed by atoms with Gasteiger partial charge in [-0.05, 0) is 55.3 Å². The Morgan fingerprint density at radius 3 is 2.54 bits per heavy atom. The van der Waals surface area contributed by atoms with Gasteiger partial charge in [-0.25, -0.2) is 12.8 Å². The Hall–Kier alpha value is -2.93. The molecule has 28 heavy (non-hydrogen) atoms. The molecular weight excluding hydrogens is 381 g/mol. The maximum Gasteiger partial charge on any atom is 0.254 e. The van der Waals surface area contributed by atoms with Crippen molar-refractivity contribution in [3.63, 3.8) is 0 Å². The monoisotopic (exact) mass is 401 g/mol. The Labute approximate surface area is 163 Å². The van der Waals surface area contributed by atoms with E-state index in [0.29, 0.717) is 5.56 Å². The normalized spacial score (nSPS) is 12.5. The molecule has 5 nitrogen and oxygen atoms in total. The van der Waals surface area contributed by atoms with Crippen molar-refractivity contribution in [1.29, 1.82) is 0 Å². The van der Waals surface area contributed by atoms with Crippen molar-refractivity contribution in [3.8, 4) is 0 Å². The summed E-state index contributed by atoms with van der Waals surface area (Å²) in [5, 5.41) is 1.38. The van der Waals surface area contributed by atoms with E-state index in [1.165, 1.54) is 30.5 Å². The summed E-state index contributed by atoms with van der Waals surface area (Å²) in [5.41, 5.74) is 1.25. The standard InChI is InChI=1S/C21H20FNO4S/c1-14-9-10-15(2)19(12-14)28(25,26)20(18-8-5-11-27-18)13-23-21(24)16-6-3-4-7-17(16)22/h3-12,20H,13H2,1-2H3,(H,23,24)/t20-/m1/s1. The van der Waals surface area contributed by atoms with Crippen LogP contribution in [0.2, 0.25) is 0 Å². The number of sulfone groups is 1. The minimum absolute atomic E-state index is 0.148. The van der Waals surface area contributed by atoms with Crippen LogP contribution >= 0.6 is 0 Å². The van der Waals surface area contributed by atoms with Crippen LogP contribution in [0.4, 0.5) is 4.39 Å². The molecule has 0 bridgehead atoms. The van der Waals surface area contributed by atoms with Gasteiger partial charge in [0.05, 0.1) is 16.7 Å². The minimum Gasteiger partial charge on any atom is -0.468 e. The van der Waals surface area contributed by atoms with E-state index in [-0.39, 0.29) is 22.8 Å². The van der Waals surface area contributed by atoms with Crippen LogP contribution in [0.25, 0.3) is 0 Å². The van der Waals surface area contributed by atoms with Crippen LogP contribution in [-0.4, -0.2) is 20.9 Å². The second-order valence-electron chi connectivity index (χ2n) is 6.51. The third kappa shape index (κ3) is 3.99. The molecule has 0 aliphatic carbocycles. The summed E-state index contributed by atoms with van der Waals surface area (Å²) in [6.07, 6.45) is 1.37. The third-order valence-corrected chi connectivity index (χ3v) is 6.65. The maximum atomic E-state index is 13.8. The summed E-state index contributed by atoms with van der Waals surface area (Å²) in [6, 6.07) is 13.8. The highest BCUT2D eigenvalue weighted by molar-refractivity contribution is 7.91. The molecule has 0 saturated carbocycles. The van der Waals surface area contributed by atoms with Crippen LogP contribution < -0.4 is 5.32 Å². The number of hydrogen-bond donors (Lipinski definition) is 1. The molecule has 0 aliphatic heterocycles. The van der Waals surface area contributed by atoms with Gasteiger partial charge in [-0.3, -0.25) is 4.79 Å². The lowest BCUT2D eigenvalue weighted by Gasteiger charge is -2.18. The van der Waals surface area contributed by atoms with E-state index in [9.17, 15) is 17.6 Å². The molecule has 0 radical (unpaired) electrons. The van der Waals surface area contributed by atoms with Gasteiger partial charge in [0.1, 0.15) is 16.8 Å². The van der Waals surface area contributed by atoms with Gasteiger partial charge in [-0.15, -0.1) is 0 Å². The predicted octanol–water partition coefficient (Wildman–Crippen LogP) is 3.98. The number of aryl methyl sites for hydroxylation is 2. The number of nitrogens with one attached hydrogen (secondary N) is 1. The second-order valence-corrected chi connectivity index (χ2v) is 8.61. The number of carbonyl (C=O) groups excluding carboxylic acids is 1. The molecule has 7 heteroatoms. The molecule has 1 heterocycles. The molecule has 0 spiro atoms. The molecule has 2 aromatic carbocycles. The number of hydrogen-bond acceptors (Lipinski definition) is 4. The number of carbonyl (C=O) groups is 1. The van der Waals surface area contributed by atoms with Crippen molar-refractivity contribution >= 4 is 15.7 Å². The Morgan fingerprint density at radius 2 is 1.86 bits per heavy atom. The summed E-state index contributed by atoms with van der Waals surface area (Å²) in [7, 11) is -3.87. The van der Waals surface area contributed by atoms with Crippen molar-refractivity contribution < 1.29 is 22.0 Å². The zero-order valence-electron chi connectivity index (χ0n) is 15.5. The summed E-state index contributed by atoms with van der Waals surface area (Å²) >= 11 is 0. The molecule has 0 aliphatic rings. The first-order chi connectivity index (χ1) is 13.3. The number of rotatable bonds is 6. The van der Waals surface area contributed by atoms with Crippen LogP contribution in [0.1, 0.15) is 32.5 Å². The van der Waals surface area contributed by atoms with Gasteiger partial charge in [-0.1, -0.05) is 24.3 Å². The van der Waals surface area contributed by atoms with E-state index in [2.05, 4.69) is 5.32 Å². The topological polar surface area (TPSA) is 76.4 Å². The lowest BCUT2D eigenvalue weighted by atomic mass is 10.2. The Kier molecular flexibility index (Phi) is 5.65. The van der Waals surface area contributed by atoms with E-state index < -0.39 is 26.8 Å². The van der Waals surface area contributed by atoms with E-state index in [1.54, 1.807) is 38.1 Å². The van der Waals surface area contributed by atoms with E-state index in [0.717, 1.165) is 5.56 Å². The highest BCUT2D eigenvalue weighted by Crippen LogP contribution is 2.31. The average Bonchev–Trinajstić information content (AvgIpc) is 3.18. The van der Waals surface area contributed by atoms with Crippen LogP contribution in [0.3, 0.4) is 0 Å². The molecule has 0 fully saturated rings. The summed E-state index contributed by atoms with van der Waals surface area (Å²) in [6.45, 7) is 3.26. The fraction of sp³-hybridized carbons (Fsp3) is 0.190. The molecule has 1 aromatic heterocycles. The molecule has 146 valence electrons. The molecular formula is C21H20FNO4S.